The Morgan fingerprint density at radius 3 is 2.75 bits per heavy atom. The first-order chi connectivity index (χ1) is 13.3. The fourth-order valence-electron chi connectivity index (χ4n) is 3.40. The van der Waals surface area contributed by atoms with E-state index in [1.165, 1.54) is 12.1 Å². The highest BCUT2D eigenvalue weighted by atomic mass is 35.5. The van der Waals surface area contributed by atoms with Gasteiger partial charge in [-0.1, -0.05) is 23.7 Å². The second kappa shape index (κ2) is 6.80. The minimum Gasteiger partial charge on any atom is -0.490 e. The summed E-state index contributed by atoms with van der Waals surface area (Å²) >= 11 is 6.03. The Labute approximate surface area is 166 Å². The van der Waals surface area contributed by atoms with E-state index >= 15 is 0 Å². The van der Waals surface area contributed by atoms with Crippen LogP contribution in [0.4, 0.5) is 10.5 Å². The van der Waals surface area contributed by atoms with Gasteiger partial charge in [0.15, 0.2) is 0 Å². The van der Waals surface area contributed by atoms with Gasteiger partial charge in [-0.05, 0) is 60.9 Å². The number of nitrogens with one attached hydrogen (secondary N) is 1. The predicted octanol–water partition coefficient (Wildman–Crippen LogP) is 3.64. The van der Waals surface area contributed by atoms with Gasteiger partial charge in [0.1, 0.15) is 17.4 Å². The van der Waals surface area contributed by atoms with Crippen molar-refractivity contribution in [3.63, 3.8) is 0 Å². The van der Waals surface area contributed by atoms with Gasteiger partial charge < -0.3 is 4.74 Å². The lowest BCUT2D eigenvalue weighted by molar-refractivity contribution is -0.122. The molecular weight excluding hydrogens is 380 g/mol. The first-order valence-electron chi connectivity index (χ1n) is 8.80. The molecule has 0 aliphatic carbocycles. The lowest BCUT2D eigenvalue weighted by Crippen LogP contribution is -2.54. The molecule has 0 aromatic heterocycles. The molecule has 1 fully saturated rings. The molecule has 142 valence electrons. The average molecular weight is 397 g/mol. The van der Waals surface area contributed by atoms with Gasteiger partial charge in [0.2, 0.25) is 0 Å². The van der Waals surface area contributed by atoms with Crippen molar-refractivity contribution in [1.82, 2.24) is 5.32 Å². The summed E-state index contributed by atoms with van der Waals surface area (Å²) in [6, 6.07) is 9.58. The topological polar surface area (TPSA) is 75.7 Å². The van der Waals surface area contributed by atoms with E-state index in [-0.39, 0.29) is 11.7 Å². The van der Waals surface area contributed by atoms with Gasteiger partial charge >= 0.3 is 6.03 Å². The van der Waals surface area contributed by atoms with Gasteiger partial charge in [-0.3, -0.25) is 14.9 Å². The third kappa shape index (κ3) is 3.16. The molecule has 2 aromatic carbocycles. The molecule has 0 spiro atoms. The molecule has 0 bridgehead atoms. The Balaban J connectivity index is 1.73. The van der Waals surface area contributed by atoms with Crippen molar-refractivity contribution in [3.8, 4) is 5.75 Å². The molecule has 1 N–H and O–H groups in total. The minimum atomic E-state index is -0.798. The van der Waals surface area contributed by atoms with Crippen LogP contribution in [0.15, 0.2) is 42.0 Å². The zero-order valence-electron chi connectivity index (χ0n) is 15.3. The monoisotopic (exact) mass is 396 g/mol. The van der Waals surface area contributed by atoms with E-state index in [2.05, 4.69) is 5.32 Å². The highest BCUT2D eigenvalue weighted by Gasteiger charge is 2.37. The van der Waals surface area contributed by atoms with Gasteiger partial charge in [0.25, 0.3) is 11.8 Å². The molecule has 4 rings (SSSR count). The number of benzene rings is 2. The molecule has 28 heavy (non-hydrogen) atoms. The van der Waals surface area contributed by atoms with Gasteiger partial charge in [-0.2, -0.15) is 0 Å². The molecule has 6 nitrogen and oxygen atoms in total. The lowest BCUT2D eigenvalue weighted by Gasteiger charge is -2.27. The Bertz CT molecular complexity index is 1060. The highest BCUT2D eigenvalue weighted by Crippen LogP contribution is 2.31. The fraction of sp³-hybridized carbons (Fsp3) is 0.190. The number of rotatable bonds is 2. The van der Waals surface area contributed by atoms with E-state index in [0.29, 0.717) is 21.8 Å². The van der Waals surface area contributed by atoms with Gasteiger partial charge in [-0.25, -0.2) is 9.69 Å². The van der Waals surface area contributed by atoms with Crippen LogP contribution >= 0.6 is 11.6 Å². The number of barbiturate groups is 1. The van der Waals surface area contributed by atoms with Gasteiger partial charge in [-0.15, -0.1) is 0 Å². The van der Waals surface area contributed by atoms with Crippen LogP contribution in [0.2, 0.25) is 5.02 Å². The molecule has 7 heteroatoms. The second-order valence-electron chi connectivity index (χ2n) is 6.89. The number of halogens is 1. The SMILES string of the molecule is Cc1ccc(Cl)cc1N1C(=O)NC(=O)/C(=C\c2ccc3c(c2)C[C@@H](C)O3)C1=O. The normalized spacial score (nSPS) is 20.2. The second-order valence-corrected chi connectivity index (χ2v) is 7.32. The van der Waals surface area contributed by atoms with Crippen molar-refractivity contribution in [2.24, 2.45) is 0 Å². The molecule has 0 radical (unpaired) electrons. The highest BCUT2D eigenvalue weighted by molar-refractivity contribution is 6.39. The van der Waals surface area contributed by atoms with Crippen LogP contribution in [0.3, 0.4) is 0 Å². The lowest BCUT2D eigenvalue weighted by atomic mass is 10.0. The van der Waals surface area contributed by atoms with Crippen molar-refractivity contribution in [2.45, 2.75) is 26.4 Å². The number of carbonyl (C=O) groups excluding carboxylic acids is 3. The molecule has 1 atom stereocenters. The van der Waals surface area contributed by atoms with E-state index < -0.39 is 17.8 Å². The van der Waals surface area contributed by atoms with Crippen LogP contribution < -0.4 is 15.0 Å². The number of aryl methyl sites for hydroxylation is 1. The van der Waals surface area contributed by atoms with Crippen molar-refractivity contribution >= 4 is 41.2 Å². The third-order valence-corrected chi connectivity index (χ3v) is 4.98. The number of amides is 4. The maximum Gasteiger partial charge on any atom is 0.335 e. The Morgan fingerprint density at radius 1 is 1.18 bits per heavy atom. The molecule has 2 heterocycles. The first-order valence-corrected chi connectivity index (χ1v) is 9.18. The summed E-state index contributed by atoms with van der Waals surface area (Å²) in [6.07, 6.45) is 2.34. The van der Waals surface area contributed by atoms with E-state index in [1.807, 2.05) is 19.1 Å². The number of hydrogen-bond donors (Lipinski definition) is 1. The first kappa shape index (κ1) is 18.3. The summed E-state index contributed by atoms with van der Waals surface area (Å²) in [5.74, 6) is -0.610. The van der Waals surface area contributed by atoms with E-state index in [4.69, 9.17) is 16.3 Å². The van der Waals surface area contributed by atoms with E-state index in [9.17, 15) is 14.4 Å². The third-order valence-electron chi connectivity index (χ3n) is 4.74. The van der Waals surface area contributed by atoms with Crippen molar-refractivity contribution in [3.05, 3.63) is 63.7 Å². The van der Waals surface area contributed by atoms with E-state index in [1.54, 1.807) is 25.1 Å². The summed E-state index contributed by atoms with van der Waals surface area (Å²) in [5.41, 5.74) is 2.61. The molecule has 4 amide bonds. The molecule has 2 aliphatic heterocycles. The molecular formula is C21H17ClN2O4. The van der Waals surface area contributed by atoms with Crippen molar-refractivity contribution < 1.29 is 19.1 Å². The summed E-state index contributed by atoms with van der Waals surface area (Å²) in [6.45, 7) is 3.74. The number of carbonyl (C=O) groups is 3. The molecule has 2 aromatic rings. The Hall–Kier alpha value is -3.12. The Kier molecular flexibility index (Phi) is 4.43. The number of imide groups is 2. The minimum absolute atomic E-state index is 0.0939. The van der Waals surface area contributed by atoms with Gasteiger partial charge in [0.05, 0.1) is 5.69 Å². The van der Waals surface area contributed by atoms with Crippen molar-refractivity contribution in [2.75, 3.05) is 4.90 Å². The molecule has 1 saturated heterocycles. The predicted molar refractivity (Wildman–Crippen MR) is 105 cm³/mol. The summed E-state index contributed by atoms with van der Waals surface area (Å²) in [4.78, 5) is 38.6. The maximum atomic E-state index is 13.0. The summed E-state index contributed by atoms with van der Waals surface area (Å²) in [7, 11) is 0. The van der Waals surface area contributed by atoms with Crippen LogP contribution in [-0.4, -0.2) is 23.9 Å². The molecule has 0 unspecified atom stereocenters. The zero-order valence-corrected chi connectivity index (χ0v) is 16.0. The average Bonchev–Trinajstić information content (AvgIpc) is 3.00. The number of nitrogens with zero attached hydrogens (tertiary/aromatic N) is 1. The fourth-order valence-corrected chi connectivity index (χ4v) is 3.56. The summed E-state index contributed by atoms with van der Waals surface area (Å²) < 4.78 is 5.68. The van der Waals surface area contributed by atoms with Crippen LogP contribution in [-0.2, 0) is 16.0 Å². The zero-order chi connectivity index (χ0) is 20.0. The molecule has 2 aliphatic rings. The van der Waals surface area contributed by atoms with Crippen LogP contribution in [0, 0.1) is 6.92 Å². The van der Waals surface area contributed by atoms with E-state index in [0.717, 1.165) is 22.6 Å². The summed E-state index contributed by atoms with van der Waals surface area (Å²) in [5, 5.41) is 2.61. The largest absolute Gasteiger partial charge is 0.490 e. The smallest absolute Gasteiger partial charge is 0.335 e. The number of ether oxygens (including phenoxy) is 1. The van der Waals surface area contributed by atoms with Crippen LogP contribution in [0.25, 0.3) is 6.08 Å². The van der Waals surface area contributed by atoms with Crippen LogP contribution in [0.5, 0.6) is 5.75 Å². The van der Waals surface area contributed by atoms with Gasteiger partial charge in [0, 0.05) is 11.4 Å². The number of urea groups is 1. The molecule has 0 saturated carbocycles. The number of hydrogen-bond acceptors (Lipinski definition) is 4. The number of anilines is 1. The standard InChI is InChI=1S/C21H17ClN2O4/c1-11-3-5-15(22)10-17(11)24-20(26)16(19(25)23-21(24)27)9-13-4-6-18-14(8-13)7-12(2)28-18/h3-6,8-10,12H,7H2,1-2H3,(H,23,25,27)/b16-9+/t12-/m1/s1. The number of fused-ring (bicyclic) bond motifs is 1. The quantitative estimate of drug-likeness (QED) is 0.621. The Morgan fingerprint density at radius 2 is 1.96 bits per heavy atom. The maximum absolute atomic E-state index is 13.0. The van der Waals surface area contributed by atoms with Crippen molar-refractivity contribution in [1.29, 1.82) is 0 Å². The van der Waals surface area contributed by atoms with Crippen LogP contribution in [0.1, 0.15) is 23.6 Å².